The molecule has 1 aliphatic carbocycles. The Morgan fingerprint density at radius 3 is 2.18 bits per heavy atom. The van der Waals surface area contributed by atoms with Gasteiger partial charge >= 0.3 is 6.18 Å². The van der Waals surface area contributed by atoms with Gasteiger partial charge in [0.05, 0.1) is 0 Å². The summed E-state index contributed by atoms with van der Waals surface area (Å²) in [5.41, 5.74) is 2.50. The maximum absolute atomic E-state index is 12.1. The fourth-order valence-electron chi connectivity index (χ4n) is 1.37. The Bertz CT molecular complexity index is 158. The predicted octanol–water partition coefficient (Wildman–Crippen LogP) is 0.791. The predicted molar refractivity (Wildman–Crippen MR) is 32.8 cm³/mol. The first kappa shape index (κ1) is 8.80. The second-order valence-electron chi connectivity index (χ2n) is 2.92. The van der Waals surface area contributed by atoms with E-state index in [2.05, 4.69) is 0 Å². The lowest BCUT2D eigenvalue weighted by Gasteiger charge is -2.29. The van der Waals surface area contributed by atoms with Crippen molar-refractivity contribution in [3.05, 3.63) is 0 Å². The molecule has 1 rings (SSSR count). The number of hydrogen-bond donors (Lipinski definition) is 2. The Morgan fingerprint density at radius 2 is 2.00 bits per heavy atom. The summed E-state index contributed by atoms with van der Waals surface area (Å²) >= 11 is 0. The van der Waals surface area contributed by atoms with Gasteiger partial charge in [-0.25, -0.2) is 0 Å². The summed E-state index contributed by atoms with van der Waals surface area (Å²) in [5.74, 6) is 0. The molecule has 5 heteroatoms. The largest absolute Gasteiger partial charge is 0.418 e. The molecule has 0 aliphatic heterocycles. The maximum atomic E-state index is 12.1. The average molecular weight is 169 g/mol. The molecule has 0 spiro atoms. The second kappa shape index (κ2) is 2.35. The van der Waals surface area contributed by atoms with Crippen LogP contribution in [0.25, 0.3) is 0 Å². The van der Waals surface area contributed by atoms with E-state index in [1.807, 2.05) is 0 Å². The molecule has 0 aromatic rings. The molecule has 0 bridgehead atoms. The number of nitrogens with two attached hydrogens (primary N) is 1. The molecule has 2 atom stereocenters. The van der Waals surface area contributed by atoms with Crippen molar-refractivity contribution in [3.63, 3.8) is 0 Å². The van der Waals surface area contributed by atoms with Crippen LogP contribution in [0, 0.1) is 0 Å². The van der Waals surface area contributed by atoms with Crippen molar-refractivity contribution >= 4 is 0 Å². The van der Waals surface area contributed by atoms with Gasteiger partial charge in [-0.3, -0.25) is 0 Å². The highest BCUT2D eigenvalue weighted by Crippen LogP contribution is 2.41. The van der Waals surface area contributed by atoms with Crippen LogP contribution in [0.3, 0.4) is 0 Å². The van der Waals surface area contributed by atoms with Crippen LogP contribution in [0.5, 0.6) is 0 Å². The Kier molecular flexibility index (Phi) is 1.88. The molecule has 0 saturated heterocycles. The van der Waals surface area contributed by atoms with Crippen molar-refractivity contribution < 1.29 is 18.3 Å². The van der Waals surface area contributed by atoms with Crippen molar-refractivity contribution in [3.8, 4) is 0 Å². The van der Waals surface area contributed by atoms with Gasteiger partial charge in [-0.05, 0) is 19.3 Å². The fourth-order valence-corrected chi connectivity index (χ4v) is 1.37. The smallest absolute Gasteiger partial charge is 0.379 e. The zero-order valence-corrected chi connectivity index (χ0v) is 5.86. The van der Waals surface area contributed by atoms with Crippen LogP contribution >= 0.6 is 0 Å². The molecule has 0 heterocycles. The van der Waals surface area contributed by atoms with Gasteiger partial charge in [0.15, 0.2) is 5.60 Å². The van der Waals surface area contributed by atoms with E-state index in [1.54, 1.807) is 0 Å². The molecule has 1 fully saturated rings. The summed E-state index contributed by atoms with van der Waals surface area (Å²) in [7, 11) is 0. The first-order valence-electron chi connectivity index (χ1n) is 3.42. The number of aliphatic hydroxyl groups is 1. The lowest BCUT2D eigenvalue weighted by molar-refractivity contribution is -0.261. The van der Waals surface area contributed by atoms with Crippen LogP contribution in [-0.4, -0.2) is 22.9 Å². The monoisotopic (exact) mass is 169 g/mol. The molecule has 1 saturated carbocycles. The van der Waals surface area contributed by atoms with Crippen molar-refractivity contribution in [2.75, 3.05) is 0 Å². The summed E-state index contributed by atoms with van der Waals surface area (Å²) in [6.45, 7) is 0. The minimum absolute atomic E-state index is 0.246. The van der Waals surface area contributed by atoms with E-state index < -0.39 is 17.8 Å². The minimum atomic E-state index is -4.58. The summed E-state index contributed by atoms with van der Waals surface area (Å²) in [4.78, 5) is 0. The summed E-state index contributed by atoms with van der Waals surface area (Å²) in [5, 5.41) is 9.05. The summed E-state index contributed by atoms with van der Waals surface area (Å²) < 4.78 is 36.2. The molecule has 3 N–H and O–H groups in total. The zero-order chi connectivity index (χ0) is 8.70. The maximum Gasteiger partial charge on any atom is 0.418 e. The van der Waals surface area contributed by atoms with Crippen LogP contribution in [0.4, 0.5) is 13.2 Å². The van der Waals surface area contributed by atoms with E-state index in [-0.39, 0.29) is 12.8 Å². The Labute approximate surface area is 62.2 Å². The van der Waals surface area contributed by atoms with E-state index in [1.165, 1.54) is 0 Å². The van der Waals surface area contributed by atoms with Crippen LogP contribution in [0.2, 0.25) is 0 Å². The van der Waals surface area contributed by atoms with E-state index in [0.717, 1.165) is 0 Å². The van der Waals surface area contributed by atoms with Gasteiger partial charge in [0, 0.05) is 6.04 Å². The molecular formula is C6H10F3NO. The third-order valence-corrected chi connectivity index (χ3v) is 2.18. The van der Waals surface area contributed by atoms with Gasteiger partial charge in [-0.1, -0.05) is 0 Å². The topological polar surface area (TPSA) is 46.2 Å². The molecule has 2 unspecified atom stereocenters. The third kappa shape index (κ3) is 1.22. The lowest BCUT2D eigenvalue weighted by Crippen LogP contribution is -2.54. The van der Waals surface area contributed by atoms with E-state index in [9.17, 15) is 13.2 Å². The van der Waals surface area contributed by atoms with Gasteiger partial charge in [0.2, 0.25) is 0 Å². The zero-order valence-electron chi connectivity index (χ0n) is 5.86. The molecule has 2 nitrogen and oxygen atoms in total. The van der Waals surface area contributed by atoms with Crippen molar-refractivity contribution in [2.24, 2.45) is 5.73 Å². The Morgan fingerprint density at radius 1 is 1.45 bits per heavy atom. The number of rotatable bonds is 0. The molecule has 0 aromatic carbocycles. The molecule has 11 heavy (non-hydrogen) atoms. The highest BCUT2D eigenvalue weighted by Gasteiger charge is 2.59. The van der Waals surface area contributed by atoms with E-state index in [0.29, 0.717) is 6.42 Å². The van der Waals surface area contributed by atoms with Crippen LogP contribution in [0.1, 0.15) is 19.3 Å². The van der Waals surface area contributed by atoms with Crippen molar-refractivity contribution in [1.82, 2.24) is 0 Å². The number of hydrogen-bond acceptors (Lipinski definition) is 2. The Balaban J connectivity index is 2.81. The van der Waals surface area contributed by atoms with Crippen LogP contribution in [-0.2, 0) is 0 Å². The standard InChI is InChI=1S/C6H10F3NO/c7-6(8,9)5(11)3-1-2-4(5)10/h4,11H,1-3,10H2. The molecule has 66 valence electrons. The van der Waals surface area contributed by atoms with Gasteiger partial charge in [-0.15, -0.1) is 0 Å². The molecule has 0 radical (unpaired) electrons. The lowest BCUT2D eigenvalue weighted by atomic mass is 9.98. The first-order valence-corrected chi connectivity index (χ1v) is 3.42. The van der Waals surface area contributed by atoms with E-state index in [4.69, 9.17) is 10.8 Å². The first-order chi connectivity index (χ1) is 4.88. The quantitative estimate of drug-likeness (QED) is 0.563. The Hall–Kier alpha value is -0.290. The summed E-state index contributed by atoms with van der Waals surface area (Å²) in [6.07, 6.45) is -4.26. The SMILES string of the molecule is NC1CCCC1(O)C(F)(F)F. The van der Waals surface area contributed by atoms with Gasteiger partial charge in [0.25, 0.3) is 0 Å². The number of alkyl halides is 3. The number of halogens is 3. The highest BCUT2D eigenvalue weighted by molar-refractivity contribution is 5.00. The normalized spacial score (nSPS) is 39.5. The van der Waals surface area contributed by atoms with Gasteiger partial charge in [-0.2, -0.15) is 13.2 Å². The third-order valence-electron chi connectivity index (χ3n) is 2.18. The van der Waals surface area contributed by atoms with Crippen molar-refractivity contribution in [1.29, 1.82) is 0 Å². The molecule has 1 aliphatic rings. The van der Waals surface area contributed by atoms with Gasteiger partial charge < -0.3 is 10.8 Å². The molecule has 0 amide bonds. The second-order valence-corrected chi connectivity index (χ2v) is 2.92. The highest BCUT2D eigenvalue weighted by atomic mass is 19.4. The molecular weight excluding hydrogens is 159 g/mol. The average Bonchev–Trinajstić information content (AvgIpc) is 2.12. The van der Waals surface area contributed by atoms with Crippen LogP contribution < -0.4 is 5.73 Å². The van der Waals surface area contributed by atoms with E-state index >= 15 is 0 Å². The minimum Gasteiger partial charge on any atom is -0.379 e. The van der Waals surface area contributed by atoms with Gasteiger partial charge in [0.1, 0.15) is 0 Å². The molecule has 0 aromatic heterocycles. The summed E-state index contributed by atoms with van der Waals surface area (Å²) in [6, 6.07) is -1.15. The van der Waals surface area contributed by atoms with Crippen molar-refractivity contribution in [2.45, 2.75) is 37.1 Å². The fraction of sp³-hybridized carbons (Fsp3) is 1.00. The van der Waals surface area contributed by atoms with Crippen LogP contribution in [0.15, 0.2) is 0 Å².